The van der Waals surface area contributed by atoms with Crippen LogP contribution in [0, 0.1) is 0 Å². The quantitative estimate of drug-likeness (QED) is 0.863. The number of hydrogen-bond donors (Lipinski definition) is 0. The summed E-state index contributed by atoms with van der Waals surface area (Å²) in [6.07, 6.45) is 0.292. The van der Waals surface area contributed by atoms with Crippen LogP contribution in [0.15, 0.2) is 47.5 Å². The van der Waals surface area contributed by atoms with Crippen molar-refractivity contribution in [1.82, 2.24) is 0 Å². The Morgan fingerprint density at radius 3 is 2.68 bits per heavy atom. The van der Waals surface area contributed by atoms with Crippen molar-refractivity contribution in [3.8, 4) is 5.75 Å². The molecule has 0 unspecified atom stereocenters. The molecular weight excluding hydrogens is 316 g/mol. The van der Waals surface area contributed by atoms with Crippen molar-refractivity contribution in [3.63, 3.8) is 0 Å². The van der Waals surface area contributed by atoms with Crippen molar-refractivity contribution in [2.75, 3.05) is 38.3 Å². The van der Waals surface area contributed by atoms with Crippen LogP contribution in [0.3, 0.4) is 0 Å². The molecule has 2 aliphatic rings. The average Bonchev–Trinajstić information content (AvgIpc) is 2.68. The molecule has 2 aromatic rings. The number of aliphatic imine (C=N–C) groups is 1. The van der Waals surface area contributed by atoms with Crippen LogP contribution in [-0.2, 0) is 4.74 Å². The number of para-hydroxylation sites is 1. The Bertz CT molecular complexity index is 839. The van der Waals surface area contributed by atoms with E-state index in [1.165, 1.54) is 0 Å². The van der Waals surface area contributed by atoms with Crippen LogP contribution >= 0.6 is 0 Å². The molecule has 4 rings (SSSR count). The number of Topliss-reactive ketones (excluding diaryl/α,β-unsaturated/α-hetero) is 1. The summed E-state index contributed by atoms with van der Waals surface area (Å²) < 4.78 is 10.8. The van der Waals surface area contributed by atoms with Crippen LogP contribution in [0.1, 0.15) is 22.3 Å². The van der Waals surface area contributed by atoms with E-state index in [1.807, 2.05) is 42.5 Å². The van der Waals surface area contributed by atoms with Gasteiger partial charge < -0.3 is 14.4 Å². The van der Waals surface area contributed by atoms with Gasteiger partial charge in [-0.3, -0.25) is 9.79 Å². The maximum absolute atomic E-state index is 12.7. The van der Waals surface area contributed by atoms with Crippen molar-refractivity contribution in [2.24, 2.45) is 4.99 Å². The summed E-state index contributed by atoms with van der Waals surface area (Å²) in [6.45, 7) is 3.15. The number of ketones is 1. The molecule has 1 saturated heterocycles. The summed E-state index contributed by atoms with van der Waals surface area (Å²) in [5, 5.41) is 0. The molecule has 0 saturated carbocycles. The maximum atomic E-state index is 12.7. The third-order valence-electron chi connectivity index (χ3n) is 4.66. The van der Waals surface area contributed by atoms with E-state index in [9.17, 15) is 4.79 Å². The molecule has 2 heterocycles. The number of ether oxygens (including phenoxy) is 2. The fourth-order valence-corrected chi connectivity index (χ4v) is 3.33. The molecule has 128 valence electrons. The SMILES string of the molecule is COc1ccccc1C1=Nc2ccc(N3CCOCC3)cc2C(=O)C1. The van der Waals surface area contributed by atoms with Crippen LogP contribution in [-0.4, -0.2) is 44.9 Å². The largest absolute Gasteiger partial charge is 0.496 e. The third-order valence-corrected chi connectivity index (χ3v) is 4.66. The number of hydrogen-bond acceptors (Lipinski definition) is 5. The predicted molar refractivity (Wildman–Crippen MR) is 97.6 cm³/mol. The number of carbonyl (C=O) groups is 1. The van der Waals surface area contributed by atoms with E-state index in [4.69, 9.17) is 14.5 Å². The Labute approximate surface area is 146 Å². The van der Waals surface area contributed by atoms with E-state index < -0.39 is 0 Å². The Balaban J connectivity index is 1.70. The van der Waals surface area contributed by atoms with Gasteiger partial charge in [-0.25, -0.2) is 0 Å². The zero-order valence-electron chi connectivity index (χ0n) is 14.2. The van der Waals surface area contributed by atoms with Gasteiger partial charge in [-0.05, 0) is 30.3 Å². The average molecular weight is 336 g/mol. The lowest BCUT2D eigenvalue weighted by Gasteiger charge is -2.29. The highest BCUT2D eigenvalue weighted by Gasteiger charge is 2.24. The Hall–Kier alpha value is -2.66. The second kappa shape index (κ2) is 6.69. The molecular formula is C20H20N2O3. The van der Waals surface area contributed by atoms with E-state index in [0.717, 1.165) is 54.7 Å². The highest BCUT2D eigenvalue weighted by Crippen LogP contribution is 2.33. The number of rotatable bonds is 3. The minimum Gasteiger partial charge on any atom is -0.496 e. The second-order valence-electron chi connectivity index (χ2n) is 6.16. The molecule has 2 aromatic carbocycles. The second-order valence-corrected chi connectivity index (χ2v) is 6.16. The lowest BCUT2D eigenvalue weighted by molar-refractivity contribution is 0.1000. The number of anilines is 1. The van der Waals surface area contributed by atoms with Crippen LogP contribution in [0.25, 0.3) is 0 Å². The van der Waals surface area contributed by atoms with Gasteiger partial charge in [0, 0.05) is 29.9 Å². The minimum atomic E-state index is 0.0982. The van der Waals surface area contributed by atoms with Gasteiger partial charge >= 0.3 is 0 Å². The maximum Gasteiger partial charge on any atom is 0.171 e. The Morgan fingerprint density at radius 2 is 1.88 bits per heavy atom. The summed E-state index contributed by atoms with van der Waals surface area (Å²) in [5.41, 5.74) is 4.12. The summed E-state index contributed by atoms with van der Waals surface area (Å²) in [4.78, 5) is 19.7. The van der Waals surface area contributed by atoms with Gasteiger partial charge in [0.2, 0.25) is 0 Å². The third kappa shape index (κ3) is 3.03. The van der Waals surface area contributed by atoms with Crippen molar-refractivity contribution in [3.05, 3.63) is 53.6 Å². The molecule has 0 radical (unpaired) electrons. The van der Waals surface area contributed by atoms with Gasteiger partial charge in [-0.2, -0.15) is 0 Å². The zero-order valence-corrected chi connectivity index (χ0v) is 14.2. The first-order valence-electron chi connectivity index (χ1n) is 8.47. The summed E-state index contributed by atoms with van der Waals surface area (Å²) in [7, 11) is 1.63. The molecule has 0 aromatic heterocycles. The predicted octanol–water partition coefficient (Wildman–Crippen LogP) is 3.24. The Morgan fingerprint density at radius 1 is 1.08 bits per heavy atom. The van der Waals surface area contributed by atoms with Gasteiger partial charge in [-0.1, -0.05) is 12.1 Å². The molecule has 25 heavy (non-hydrogen) atoms. The van der Waals surface area contributed by atoms with Gasteiger partial charge in [0.05, 0.1) is 38.1 Å². The fourth-order valence-electron chi connectivity index (χ4n) is 3.33. The number of nitrogens with zero attached hydrogens (tertiary/aromatic N) is 2. The zero-order chi connectivity index (χ0) is 17.2. The number of morpholine rings is 1. The molecule has 5 heteroatoms. The van der Waals surface area contributed by atoms with Gasteiger partial charge in [0.15, 0.2) is 5.78 Å². The van der Waals surface area contributed by atoms with Crippen molar-refractivity contribution >= 4 is 22.9 Å². The van der Waals surface area contributed by atoms with Gasteiger partial charge in [-0.15, -0.1) is 0 Å². The molecule has 5 nitrogen and oxygen atoms in total. The Kier molecular flexibility index (Phi) is 4.24. The fraction of sp³-hybridized carbons (Fsp3) is 0.300. The first kappa shape index (κ1) is 15.8. The lowest BCUT2D eigenvalue weighted by Crippen LogP contribution is -2.36. The van der Waals surface area contributed by atoms with Crippen LogP contribution < -0.4 is 9.64 Å². The molecule has 0 N–H and O–H groups in total. The van der Waals surface area contributed by atoms with Crippen LogP contribution in [0.2, 0.25) is 0 Å². The first-order valence-corrected chi connectivity index (χ1v) is 8.47. The highest BCUT2D eigenvalue weighted by atomic mass is 16.5. The number of methoxy groups -OCH3 is 1. The van der Waals surface area contributed by atoms with Gasteiger partial charge in [0.25, 0.3) is 0 Å². The van der Waals surface area contributed by atoms with Crippen molar-refractivity contribution < 1.29 is 14.3 Å². The van der Waals surface area contributed by atoms with E-state index >= 15 is 0 Å². The molecule has 2 aliphatic heterocycles. The number of benzene rings is 2. The van der Waals surface area contributed by atoms with Crippen molar-refractivity contribution in [2.45, 2.75) is 6.42 Å². The van der Waals surface area contributed by atoms with E-state index in [0.29, 0.717) is 12.0 Å². The monoisotopic (exact) mass is 336 g/mol. The van der Waals surface area contributed by atoms with Crippen molar-refractivity contribution in [1.29, 1.82) is 0 Å². The van der Waals surface area contributed by atoms with Crippen LogP contribution in [0.5, 0.6) is 5.75 Å². The molecule has 0 aliphatic carbocycles. The van der Waals surface area contributed by atoms with E-state index in [2.05, 4.69) is 4.90 Å². The molecule has 0 atom stereocenters. The topological polar surface area (TPSA) is 51.1 Å². The summed E-state index contributed by atoms with van der Waals surface area (Å²) >= 11 is 0. The van der Waals surface area contributed by atoms with E-state index in [1.54, 1.807) is 7.11 Å². The summed E-state index contributed by atoms with van der Waals surface area (Å²) in [5.74, 6) is 0.837. The number of carbonyl (C=O) groups excluding carboxylic acids is 1. The molecule has 1 fully saturated rings. The summed E-state index contributed by atoms with van der Waals surface area (Å²) in [6, 6.07) is 13.6. The van der Waals surface area contributed by atoms with Gasteiger partial charge in [0.1, 0.15) is 5.75 Å². The molecule has 0 spiro atoms. The van der Waals surface area contributed by atoms with E-state index in [-0.39, 0.29) is 5.78 Å². The normalized spacial score (nSPS) is 17.1. The smallest absolute Gasteiger partial charge is 0.171 e. The number of fused-ring (bicyclic) bond motifs is 1. The lowest BCUT2D eigenvalue weighted by atomic mass is 9.95. The standard InChI is InChI=1S/C20H20N2O3/c1-24-20-5-3-2-4-15(20)18-13-19(23)16-12-14(6-7-17(16)21-18)22-8-10-25-11-9-22/h2-7,12H,8-11,13H2,1H3. The molecule has 0 bridgehead atoms. The van der Waals surface area contributed by atoms with Crippen LogP contribution in [0.4, 0.5) is 11.4 Å². The first-order chi connectivity index (χ1) is 12.3. The minimum absolute atomic E-state index is 0.0982. The highest BCUT2D eigenvalue weighted by molar-refractivity contribution is 6.21. The molecule has 0 amide bonds.